The van der Waals surface area contributed by atoms with Crippen LogP contribution in [0.2, 0.25) is 0 Å². The van der Waals surface area contributed by atoms with E-state index < -0.39 is 0 Å². The Morgan fingerprint density at radius 1 is 1.19 bits per heavy atom. The quantitative estimate of drug-likeness (QED) is 0.472. The Morgan fingerprint density at radius 2 is 1.94 bits per heavy atom. The maximum atomic E-state index is 11.1. The molecule has 0 saturated heterocycles. The highest BCUT2D eigenvalue weighted by Gasteiger charge is 2.01. The van der Waals surface area contributed by atoms with Crippen LogP contribution >= 0.6 is 0 Å². The van der Waals surface area contributed by atoms with Gasteiger partial charge in [-0.3, -0.25) is 9.59 Å². The van der Waals surface area contributed by atoms with E-state index in [-0.39, 0.29) is 18.5 Å². The van der Waals surface area contributed by atoms with Crippen LogP contribution in [0.1, 0.15) is 32.6 Å². The monoisotopic (exact) mass is 231 g/mol. The molecule has 5 nitrogen and oxygen atoms in total. The average molecular weight is 231 g/mol. The fraction of sp³-hybridized carbons (Fsp3) is 0.818. The normalized spacial score (nSPS) is 9.88. The molecule has 0 aliphatic heterocycles. The minimum atomic E-state index is -0.180. The summed E-state index contributed by atoms with van der Waals surface area (Å²) >= 11 is 0. The summed E-state index contributed by atoms with van der Waals surface area (Å²) in [7, 11) is 1.39. The molecule has 0 aromatic carbocycles. The molecule has 0 heterocycles. The number of rotatable bonds is 9. The average Bonchev–Trinajstić information content (AvgIpc) is 2.30. The van der Waals surface area contributed by atoms with Crippen LogP contribution in [0.3, 0.4) is 0 Å². The van der Waals surface area contributed by atoms with Crippen molar-refractivity contribution >= 4 is 11.9 Å². The van der Waals surface area contributed by atoms with Gasteiger partial charge in [0.15, 0.2) is 0 Å². The number of nitrogens with one attached hydrogen (secondary N) is 1. The van der Waals surface area contributed by atoms with Crippen molar-refractivity contribution in [3.63, 3.8) is 0 Å². The molecule has 0 aromatic rings. The van der Waals surface area contributed by atoms with Gasteiger partial charge >= 0.3 is 5.97 Å². The van der Waals surface area contributed by atoms with Gasteiger partial charge in [0.2, 0.25) is 5.91 Å². The molecule has 0 bridgehead atoms. The molecule has 16 heavy (non-hydrogen) atoms. The van der Waals surface area contributed by atoms with Crippen LogP contribution in [0.25, 0.3) is 0 Å². The molecular formula is C11H21NO4. The maximum Gasteiger partial charge on any atom is 0.305 e. The Kier molecular flexibility index (Phi) is 9.70. The highest BCUT2D eigenvalue weighted by Crippen LogP contribution is 1.99. The summed E-state index contributed by atoms with van der Waals surface area (Å²) in [5.41, 5.74) is 0. The lowest BCUT2D eigenvalue weighted by Crippen LogP contribution is -2.28. The fourth-order valence-corrected chi connectivity index (χ4v) is 1.15. The predicted molar refractivity (Wildman–Crippen MR) is 60.0 cm³/mol. The van der Waals surface area contributed by atoms with Crippen LogP contribution in [0, 0.1) is 0 Å². The van der Waals surface area contributed by atoms with Crippen molar-refractivity contribution in [2.45, 2.75) is 32.6 Å². The van der Waals surface area contributed by atoms with Gasteiger partial charge < -0.3 is 14.8 Å². The van der Waals surface area contributed by atoms with Gasteiger partial charge in [-0.25, -0.2) is 0 Å². The summed E-state index contributed by atoms with van der Waals surface area (Å²) in [4.78, 5) is 21.8. The molecule has 0 fully saturated rings. The molecule has 0 radical (unpaired) electrons. The van der Waals surface area contributed by atoms with Crippen molar-refractivity contribution < 1.29 is 19.1 Å². The Morgan fingerprint density at radius 3 is 2.56 bits per heavy atom. The first kappa shape index (κ1) is 14.9. The van der Waals surface area contributed by atoms with Crippen LogP contribution in [0.15, 0.2) is 0 Å². The lowest BCUT2D eigenvalue weighted by molar-refractivity contribution is -0.140. The molecule has 0 aliphatic carbocycles. The molecule has 0 aliphatic rings. The Balaban J connectivity index is 3.20. The molecule has 0 atom stereocenters. The Bertz CT molecular complexity index is 206. The number of unbranched alkanes of at least 4 members (excludes halogenated alkanes) is 2. The number of amides is 1. The van der Waals surface area contributed by atoms with Crippen molar-refractivity contribution in [1.82, 2.24) is 5.32 Å². The van der Waals surface area contributed by atoms with E-state index >= 15 is 0 Å². The van der Waals surface area contributed by atoms with Crippen molar-refractivity contribution in [3.8, 4) is 0 Å². The van der Waals surface area contributed by atoms with E-state index in [2.05, 4.69) is 10.1 Å². The van der Waals surface area contributed by atoms with Gasteiger partial charge in [0.1, 0.15) is 6.61 Å². The summed E-state index contributed by atoms with van der Waals surface area (Å²) in [6, 6.07) is 0. The zero-order valence-corrected chi connectivity index (χ0v) is 10.1. The summed E-state index contributed by atoms with van der Waals surface area (Å²) < 4.78 is 9.46. The summed E-state index contributed by atoms with van der Waals surface area (Å²) in [5, 5.41) is 2.74. The second-order valence-electron chi connectivity index (χ2n) is 3.37. The number of carbonyl (C=O) groups excluding carboxylic acids is 2. The van der Waals surface area contributed by atoms with Crippen LogP contribution in [-0.2, 0) is 19.1 Å². The van der Waals surface area contributed by atoms with E-state index in [1.165, 1.54) is 7.11 Å². The number of methoxy groups -OCH3 is 1. The van der Waals surface area contributed by atoms with Gasteiger partial charge in [0.05, 0.1) is 7.11 Å². The second-order valence-corrected chi connectivity index (χ2v) is 3.37. The molecule has 0 rings (SSSR count). The minimum Gasteiger partial charge on any atom is -0.469 e. The maximum absolute atomic E-state index is 11.1. The molecule has 0 aromatic heterocycles. The van der Waals surface area contributed by atoms with Gasteiger partial charge in [0.25, 0.3) is 0 Å². The topological polar surface area (TPSA) is 64.6 Å². The molecule has 0 saturated carbocycles. The molecule has 1 N–H and O–H groups in total. The lowest BCUT2D eigenvalue weighted by Gasteiger charge is -2.04. The van der Waals surface area contributed by atoms with Crippen molar-refractivity contribution in [2.75, 3.05) is 26.9 Å². The van der Waals surface area contributed by atoms with Gasteiger partial charge in [0, 0.05) is 19.6 Å². The van der Waals surface area contributed by atoms with Crippen molar-refractivity contribution in [1.29, 1.82) is 0 Å². The zero-order chi connectivity index (χ0) is 12.2. The van der Waals surface area contributed by atoms with Gasteiger partial charge in [-0.05, 0) is 19.8 Å². The van der Waals surface area contributed by atoms with E-state index in [0.29, 0.717) is 19.6 Å². The fourth-order valence-electron chi connectivity index (χ4n) is 1.15. The number of carbonyl (C=O) groups is 2. The van der Waals surface area contributed by atoms with Crippen molar-refractivity contribution in [2.24, 2.45) is 0 Å². The van der Waals surface area contributed by atoms with Crippen LogP contribution in [-0.4, -0.2) is 38.7 Å². The molecule has 0 unspecified atom stereocenters. The lowest BCUT2D eigenvalue weighted by atomic mass is 10.2. The SMILES string of the molecule is CCOCC(=O)NCCCCCC(=O)OC. The highest BCUT2D eigenvalue weighted by atomic mass is 16.5. The number of esters is 1. The summed E-state index contributed by atoms with van der Waals surface area (Å²) in [5.74, 6) is -0.268. The van der Waals surface area contributed by atoms with Gasteiger partial charge in [-0.15, -0.1) is 0 Å². The zero-order valence-electron chi connectivity index (χ0n) is 10.1. The summed E-state index contributed by atoms with van der Waals surface area (Å²) in [6.07, 6.45) is 3.02. The predicted octanol–water partition coefficient (Wildman–Crippen LogP) is 0.872. The van der Waals surface area contributed by atoms with Crippen LogP contribution in [0.4, 0.5) is 0 Å². The van der Waals surface area contributed by atoms with Crippen molar-refractivity contribution in [3.05, 3.63) is 0 Å². The highest BCUT2D eigenvalue weighted by molar-refractivity contribution is 5.77. The molecular weight excluding hydrogens is 210 g/mol. The number of hydrogen-bond donors (Lipinski definition) is 1. The smallest absolute Gasteiger partial charge is 0.305 e. The second kappa shape index (κ2) is 10.4. The molecule has 94 valence electrons. The van der Waals surface area contributed by atoms with Gasteiger partial charge in [-0.1, -0.05) is 6.42 Å². The summed E-state index contributed by atoms with van der Waals surface area (Å²) in [6.45, 7) is 3.15. The minimum absolute atomic E-state index is 0.0881. The third-order valence-electron chi connectivity index (χ3n) is 2.04. The molecule has 5 heteroatoms. The standard InChI is InChI=1S/C11H21NO4/c1-3-16-9-10(13)12-8-6-4-5-7-11(14)15-2/h3-9H2,1-2H3,(H,12,13). The van der Waals surface area contributed by atoms with Crippen LogP contribution in [0.5, 0.6) is 0 Å². The third-order valence-corrected chi connectivity index (χ3v) is 2.04. The van der Waals surface area contributed by atoms with E-state index in [1.54, 1.807) is 0 Å². The first-order valence-electron chi connectivity index (χ1n) is 5.62. The number of ether oxygens (including phenoxy) is 2. The third kappa shape index (κ3) is 9.45. The first-order chi connectivity index (χ1) is 7.70. The Labute approximate surface area is 96.5 Å². The Hall–Kier alpha value is -1.10. The van der Waals surface area contributed by atoms with Crippen LogP contribution < -0.4 is 5.32 Å². The van der Waals surface area contributed by atoms with E-state index in [4.69, 9.17) is 4.74 Å². The van der Waals surface area contributed by atoms with E-state index in [9.17, 15) is 9.59 Å². The van der Waals surface area contributed by atoms with E-state index in [0.717, 1.165) is 19.3 Å². The molecule has 1 amide bonds. The van der Waals surface area contributed by atoms with Gasteiger partial charge in [-0.2, -0.15) is 0 Å². The van der Waals surface area contributed by atoms with E-state index in [1.807, 2.05) is 6.92 Å². The molecule has 0 spiro atoms. The number of hydrogen-bond acceptors (Lipinski definition) is 4. The first-order valence-corrected chi connectivity index (χ1v) is 5.62. The largest absolute Gasteiger partial charge is 0.469 e.